The van der Waals surface area contributed by atoms with Crippen LogP contribution < -0.4 is 4.72 Å². The number of likely N-dealkylation sites (tertiary alicyclic amines) is 2. The van der Waals surface area contributed by atoms with Crippen LogP contribution in [0.5, 0.6) is 0 Å². The Labute approximate surface area is 210 Å². The molecule has 2 saturated heterocycles. The van der Waals surface area contributed by atoms with Crippen molar-refractivity contribution in [2.45, 2.75) is 44.4 Å². The number of hydrogen-bond donors (Lipinski definition) is 1. The third-order valence-corrected chi connectivity index (χ3v) is 9.21. The molecule has 2 atom stereocenters. The lowest BCUT2D eigenvalue weighted by Crippen LogP contribution is -2.60. The van der Waals surface area contributed by atoms with Crippen molar-refractivity contribution in [2.24, 2.45) is 5.41 Å². The summed E-state index contributed by atoms with van der Waals surface area (Å²) in [4.78, 5) is 16.8. The average Bonchev–Trinajstić information content (AvgIpc) is 3.56. The molecule has 2 aromatic carbocycles. The van der Waals surface area contributed by atoms with E-state index < -0.39 is 33.7 Å². The first-order valence-corrected chi connectivity index (χ1v) is 13.9. The summed E-state index contributed by atoms with van der Waals surface area (Å²) >= 11 is 0. The molecule has 0 radical (unpaired) electrons. The molecule has 1 N–H and O–H groups in total. The van der Waals surface area contributed by atoms with E-state index in [2.05, 4.69) is 4.72 Å². The van der Waals surface area contributed by atoms with Gasteiger partial charge in [-0.2, -0.15) is 0 Å². The molecule has 0 unspecified atom stereocenters. The minimum absolute atomic E-state index is 0.00460. The normalized spacial score (nSPS) is 23.2. The number of nitrogens with one attached hydrogen (secondary N) is 1. The Balaban J connectivity index is 1.51. The number of carbonyl (C=O) groups excluding carboxylic acids is 1. The van der Waals surface area contributed by atoms with E-state index in [0.717, 1.165) is 25.0 Å². The Morgan fingerprint density at radius 3 is 2.47 bits per heavy atom. The van der Waals surface area contributed by atoms with Crippen molar-refractivity contribution in [1.82, 2.24) is 14.5 Å². The molecule has 3 fully saturated rings. The molecule has 5 rings (SSSR count). The van der Waals surface area contributed by atoms with Crippen LogP contribution in [0.25, 0.3) is 11.1 Å². The van der Waals surface area contributed by atoms with E-state index in [1.807, 2.05) is 0 Å². The molecule has 194 valence electrons. The number of halogens is 2. The smallest absolute Gasteiger partial charge is 0.320 e. The van der Waals surface area contributed by atoms with Gasteiger partial charge in [0, 0.05) is 30.7 Å². The molecule has 2 aliphatic heterocycles. The highest BCUT2D eigenvalue weighted by atomic mass is 32.2. The van der Waals surface area contributed by atoms with E-state index in [4.69, 9.17) is 4.74 Å². The summed E-state index contributed by atoms with van der Waals surface area (Å²) in [6.07, 6.45) is 1.50. The summed E-state index contributed by atoms with van der Waals surface area (Å²) in [7, 11) is -2.00. The molecule has 10 heteroatoms. The van der Waals surface area contributed by atoms with Crippen LogP contribution in [0.15, 0.2) is 42.5 Å². The maximum Gasteiger partial charge on any atom is 0.320 e. The van der Waals surface area contributed by atoms with Gasteiger partial charge < -0.3 is 14.5 Å². The lowest BCUT2D eigenvalue weighted by molar-refractivity contribution is -0.0166. The first-order chi connectivity index (χ1) is 17.2. The van der Waals surface area contributed by atoms with Gasteiger partial charge in [-0.1, -0.05) is 30.3 Å². The number of benzene rings is 2. The molecule has 2 aromatic rings. The molecule has 1 saturated carbocycles. The number of urea groups is 1. The van der Waals surface area contributed by atoms with Gasteiger partial charge >= 0.3 is 6.03 Å². The summed E-state index contributed by atoms with van der Waals surface area (Å²) < 4.78 is 63.8. The number of hydrogen-bond acceptors (Lipinski definition) is 4. The minimum atomic E-state index is -3.59. The number of amides is 2. The Hall–Kier alpha value is -2.56. The number of sulfonamides is 1. The molecule has 2 heterocycles. The number of ether oxygens (including phenoxy) is 1. The maximum atomic E-state index is 15.8. The number of nitrogens with zero attached hydrogens (tertiary/aromatic N) is 2. The first-order valence-electron chi connectivity index (χ1n) is 12.3. The van der Waals surface area contributed by atoms with E-state index in [1.165, 1.54) is 0 Å². The number of methoxy groups -OCH3 is 1. The fraction of sp³-hybridized carbons (Fsp3) is 0.500. The molecular formula is C26H31F2N3O4S. The highest BCUT2D eigenvalue weighted by Gasteiger charge is 2.62. The van der Waals surface area contributed by atoms with Gasteiger partial charge in [-0.15, -0.1) is 0 Å². The summed E-state index contributed by atoms with van der Waals surface area (Å²) in [5.41, 5.74) is 0.413. The molecular weight excluding hydrogens is 488 g/mol. The topological polar surface area (TPSA) is 79.0 Å². The Kier molecular flexibility index (Phi) is 6.55. The molecule has 0 bridgehead atoms. The zero-order chi connectivity index (χ0) is 25.7. The van der Waals surface area contributed by atoms with Gasteiger partial charge in [0.25, 0.3) is 0 Å². The highest BCUT2D eigenvalue weighted by molar-refractivity contribution is 7.89. The van der Waals surface area contributed by atoms with Crippen molar-refractivity contribution in [3.05, 3.63) is 59.7 Å². The molecule has 7 nitrogen and oxygen atoms in total. The van der Waals surface area contributed by atoms with Crippen LogP contribution in [-0.4, -0.2) is 74.9 Å². The van der Waals surface area contributed by atoms with Crippen LogP contribution in [0.3, 0.4) is 0 Å². The van der Waals surface area contributed by atoms with Crippen molar-refractivity contribution in [1.29, 1.82) is 0 Å². The molecule has 1 spiro atoms. The third kappa shape index (κ3) is 4.62. The van der Waals surface area contributed by atoms with Crippen molar-refractivity contribution in [3.63, 3.8) is 0 Å². The second kappa shape index (κ2) is 9.39. The Morgan fingerprint density at radius 2 is 1.86 bits per heavy atom. The van der Waals surface area contributed by atoms with Crippen molar-refractivity contribution in [3.8, 4) is 11.1 Å². The van der Waals surface area contributed by atoms with Crippen LogP contribution in [-0.2, 0) is 21.2 Å². The van der Waals surface area contributed by atoms with Crippen molar-refractivity contribution in [2.75, 3.05) is 32.5 Å². The Morgan fingerprint density at radius 1 is 1.17 bits per heavy atom. The van der Waals surface area contributed by atoms with Gasteiger partial charge in [0.2, 0.25) is 10.0 Å². The fourth-order valence-corrected chi connectivity index (χ4v) is 6.42. The predicted octanol–water partition coefficient (Wildman–Crippen LogP) is 3.40. The summed E-state index contributed by atoms with van der Waals surface area (Å²) in [6.45, 7) is 2.83. The average molecular weight is 520 g/mol. The zero-order valence-corrected chi connectivity index (χ0v) is 21.2. The maximum absolute atomic E-state index is 15.8. The van der Waals surface area contributed by atoms with E-state index >= 15 is 4.39 Å². The van der Waals surface area contributed by atoms with E-state index in [-0.39, 0.29) is 40.9 Å². The SMILES string of the molecule is CCS(=O)(=O)N[C@@H]1[C@H](Cc2cc(F)cc(-c3ccccc3)c2F)N(C(=O)N2CC(OC)C2)CC12CC2. The summed E-state index contributed by atoms with van der Waals surface area (Å²) in [5, 5.41) is 0. The van der Waals surface area contributed by atoms with E-state index in [1.54, 1.807) is 54.2 Å². The van der Waals surface area contributed by atoms with Gasteiger partial charge in [-0.05, 0) is 49.4 Å². The number of rotatable bonds is 7. The van der Waals surface area contributed by atoms with Gasteiger partial charge in [0.1, 0.15) is 11.6 Å². The second-order valence-corrected chi connectivity index (χ2v) is 12.1. The van der Waals surface area contributed by atoms with Gasteiger partial charge in [-0.3, -0.25) is 0 Å². The molecule has 36 heavy (non-hydrogen) atoms. The largest absolute Gasteiger partial charge is 0.378 e. The quantitative estimate of drug-likeness (QED) is 0.608. The highest BCUT2D eigenvalue weighted by Crippen LogP contribution is 2.56. The molecule has 3 aliphatic rings. The lowest BCUT2D eigenvalue weighted by atomic mass is 9.91. The third-order valence-electron chi connectivity index (χ3n) is 7.83. The van der Waals surface area contributed by atoms with Crippen molar-refractivity contribution >= 4 is 16.1 Å². The number of carbonyl (C=O) groups is 1. The van der Waals surface area contributed by atoms with Crippen LogP contribution in [0.2, 0.25) is 0 Å². The minimum Gasteiger partial charge on any atom is -0.378 e. The van der Waals surface area contributed by atoms with E-state index in [9.17, 15) is 17.6 Å². The zero-order valence-electron chi connectivity index (χ0n) is 20.4. The second-order valence-electron chi connectivity index (χ2n) is 10.1. The summed E-state index contributed by atoms with van der Waals surface area (Å²) in [6, 6.07) is 9.59. The lowest BCUT2D eigenvalue weighted by Gasteiger charge is -2.42. The van der Waals surface area contributed by atoms with Crippen LogP contribution in [0.4, 0.5) is 13.6 Å². The van der Waals surface area contributed by atoms with Crippen molar-refractivity contribution < 1.29 is 26.7 Å². The standard InChI is InChI=1S/C26H31F2N3O4S/c1-3-36(33,34)29-24-22(31(16-26(24)9-10-26)25(32)30-14-20(15-30)35-2)12-18-11-19(27)13-21(23(18)28)17-7-5-4-6-8-17/h4-8,11,13,20,22,24,29H,3,9-10,12,14-16H2,1-2H3/t22-,24+/m0/s1. The molecule has 0 aromatic heterocycles. The van der Waals surface area contributed by atoms with Gasteiger partial charge in [0.05, 0.1) is 31.0 Å². The van der Waals surface area contributed by atoms with Crippen LogP contribution in [0.1, 0.15) is 25.3 Å². The van der Waals surface area contributed by atoms with E-state index in [0.29, 0.717) is 25.2 Å². The first kappa shape index (κ1) is 25.1. The molecule has 2 amide bonds. The molecule has 1 aliphatic carbocycles. The predicted molar refractivity (Wildman–Crippen MR) is 132 cm³/mol. The van der Waals surface area contributed by atoms with Gasteiger partial charge in [0.15, 0.2) is 0 Å². The summed E-state index contributed by atoms with van der Waals surface area (Å²) in [5.74, 6) is -1.25. The van der Waals surface area contributed by atoms with Crippen LogP contribution >= 0.6 is 0 Å². The van der Waals surface area contributed by atoms with Gasteiger partial charge in [-0.25, -0.2) is 26.7 Å². The van der Waals surface area contributed by atoms with Crippen LogP contribution in [0, 0.1) is 17.0 Å². The monoisotopic (exact) mass is 519 g/mol. The fourth-order valence-electron chi connectivity index (χ4n) is 5.46. The Bertz CT molecular complexity index is 1250.